The first-order chi connectivity index (χ1) is 10.3. The van der Waals surface area contributed by atoms with Gasteiger partial charge in [0.1, 0.15) is 17.9 Å². The minimum absolute atomic E-state index is 0.236. The van der Waals surface area contributed by atoms with Gasteiger partial charge in [-0.2, -0.15) is 0 Å². The first-order valence-corrected chi connectivity index (χ1v) is 7.23. The van der Waals surface area contributed by atoms with Gasteiger partial charge < -0.3 is 13.9 Å². The molecule has 5 heteroatoms. The third kappa shape index (κ3) is 3.19. The lowest BCUT2D eigenvalue weighted by Crippen LogP contribution is -2.25. The van der Waals surface area contributed by atoms with Gasteiger partial charge >= 0.3 is 5.97 Å². The van der Waals surface area contributed by atoms with E-state index in [4.69, 9.17) is 13.9 Å². The van der Waals surface area contributed by atoms with Crippen LogP contribution in [-0.2, 0) is 4.74 Å². The lowest BCUT2D eigenvalue weighted by Gasteiger charge is -2.13. The highest BCUT2D eigenvalue weighted by molar-refractivity contribution is 5.92. The molecule has 0 radical (unpaired) electrons. The summed E-state index contributed by atoms with van der Waals surface area (Å²) in [6.45, 7) is 3.39. The molecule has 3 rings (SSSR count). The van der Waals surface area contributed by atoms with E-state index < -0.39 is 5.97 Å². The van der Waals surface area contributed by atoms with Gasteiger partial charge in [-0.25, -0.2) is 4.79 Å². The summed E-state index contributed by atoms with van der Waals surface area (Å²) in [4.78, 5) is 14.3. The van der Waals surface area contributed by atoms with E-state index in [2.05, 4.69) is 4.90 Å². The summed E-state index contributed by atoms with van der Waals surface area (Å²) >= 11 is 0. The van der Waals surface area contributed by atoms with Crippen LogP contribution in [0.4, 0.5) is 0 Å². The Kier molecular flexibility index (Phi) is 4.10. The Morgan fingerprint density at radius 2 is 2.10 bits per heavy atom. The molecule has 5 nitrogen and oxygen atoms in total. The average Bonchev–Trinajstić information content (AvgIpc) is 3.15. The van der Waals surface area contributed by atoms with Gasteiger partial charge in [0.25, 0.3) is 0 Å². The molecule has 0 spiro atoms. The molecule has 0 bridgehead atoms. The summed E-state index contributed by atoms with van der Waals surface area (Å²) in [6, 6.07) is 7.16. The fourth-order valence-electron chi connectivity index (χ4n) is 2.58. The van der Waals surface area contributed by atoms with E-state index in [1.54, 1.807) is 19.2 Å². The van der Waals surface area contributed by atoms with Crippen LogP contribution < -0.4 is 4.74 Å². The topological polar surface area (TPSA) is 51.9 Å². The van der Waals surface area contributed by atoms with Crippen LogP contribution in [0.25, 0.3) is 11.0 Å². The smallest absolute Gasteiger partial charge is 0.374 e. The van der Waals surface area contributed by atoms with Crippen LogP contribution in [0.1, 0.15) is 23.4 Å². The second kappa shape index (κ2) is 6.18. The second-order valence-corrected chi connectivity index (χ2v) is 5.20. The maximum absolute atomic E-state index is 12.0. The van der Waals surface area contributed by atoms with E-state index >= 15 is 0 Å². The molecule has 0 saturated carbocycles. The molecule has 1 aromatic carbocycles. The van der Waals surface area contributed by atoms with Gasteiger partial charge in [-0.1, -0.05) is 0 Å². The van der Waals surface area contributed by atoms with E-state index in [0.717, 1.165) is 25.0 Å². The van der Waals surface area contributed by atoms with Gasteiger partial charge in [0, 0.05) is 18.0 Å². The molecule has 0 unspecified atom stereocenters. The van der Waals surface area contributed by atoms with Crippen LogP contribution in [-0.4, -0.2) is 44.2 Å². The Morgan fingerprint density at radius 1 is 1.29 bits per heavy atom. The molecule has 0 N–H and O–H groups in total. The molecular formula is C16H19NO4. The van der Waals surface area contributed by atoms with Crippen molar-refractivity contribution in [2.75, 3.05) is 33.4 Å². The first-order valence-electron chi connectivity index (χ1n) is 7.23. The highest BCUT2D eigenvalue weighted by Crippen LogP contribution is 2.24. The van der Waals surface area contributed by atoms with Gasteiger partial charge in [0.2, 0.25) is 5.76 Å². The van der Waals surface area contributed by atoms with Gasteiger partial charge in [-0.3, -0.25) is 4.90 Å². The number of fused-ring (bicyclic) bond motifs is 1. The molecule has 2 heterocycles. The number of hydrogen-bond acceptors (Lipinski definition) is 5. The van der Waals surface area contributed by atoms with E-state index in [9.17, 15) is 4.79 Å². The van der Waals surface area contributed by atoms with Gasteiger partial charge in [0.15, 0.2) is 0 Å². The Labute approximate surface area is 123 Å². The Morgan fingerprint density at radius 3 is 2.86 bits per heavy atom. The van der Waals surface area contributed by atoms with Gasteiger partial charge in [-0.15, -0.1) is 0 Å². The number of nitrogens with zero attached hydrogens (tertiary/aromatic N) is 1. The summed E-state index contributed by atoms with van der Waals surface area (Å²) in [7, 11) is 1.59. The van der Waals surface area contributed by atoms with Gasteiger partial charge in [0.05, 0.1) is 7.11 Å². The number of carbonyl (C=O) groups is 1. The number of methoxy groups -OCH3 is 1. The summed E-state index contributed by atoms with van der Waals surface area (Å²) < 4.78 is 15.9. The monoisotopic (exact) mass is 289 g/mol. The van der Waals surface area contributed by atoms with E-state index in [1.807, 2.05) is 12.1 Å². The van der Waals surface area contributed by atoms with Gasteiger partial charge in [-0.05, 0) is 44.1 Å². The summed E-state index contributed by atoms with van der Waals surface area (Å²) in [6.07, 6.45) is 2.47. The Bertz CT molecular complexity index is 628. The number of furan rings is 1. The normalized spacial score (nSPS) is 15.5. The molecule has 2 aromatic rings. The lowest BCUT2D eigenvalue weighted by molar-refractivity contribution is 0.0439. The van der Waals surface area contributed by atoms with Crippen molar-refractivity contribution >= 4 is 16.9 Å². The molecule has 1 aliphatic heterocycles. The molecule has 0 atom stereocenters. The third-order valence-electron chi connectivity index (χ3n) is 3.77. The predicted molar refractivity (Wildman–Crippen MR) is 78.7 cm³/mol. The number of likely N-dealkylation sites (tertiary alicyclic amines) is 1. The molecule has 1 aliphatic rings. The minimum atomic E-state index is -0.413. The molecule has 0 amide bonds. The zero-order valence-electron chi connectivity index (χ0n) is 12.1. The van der Waals surface area contributed by atoms with Crippen LogP contribution >= 0.6 is 0 Å². The number of ether oxygens (including phenoxy) is 2. The van der Waals surface area contributed by atoms with Crippen molar-refractivity contribution in [1.29, 1.82) is 0 Å². The van der Waals surface area contributed by atoms with Crippen LogP contribution in [0.5, 0.6) is 5.75 Å². The van der Waals surface area contributed by atoms with E-state index in [1.165, 1.54) is 12.8 Å². The highest BCUT2D eigenvalue weighted by atomic mass is 16.5. The number of carbonyl (C=O) groups excluding carboxylic acids is 1. The largest absolute Gasteiger partial charge is 0.497 e. The maximum Gasteiger partial charge on any atom is 0.374 e. The maximum atomic E-state index is 12.0. The predicted octanol–water partition coefficient (Wildman–Crippen LogP) is 2.69. The zero-order valence-corrected chi connectivity index (χ0v) is 12.1. The third-order valence-corrected chi connectivity index (χ3v) is 3.77. The molecule has 1 saturated heterocycles. The zero-order chi connectivity index (χ0) is 14.7. The molecule has 1 fully saturated rings. The standard InChI is InChI=1S/C16H19NO4/c1-19-13-5-4-12-10-15(21-14(12)11-13)16(18)20-9-8-17-6-2-3-7-17/h4-5,10-11H,2-3,6-9H2,1H3. The molecule has 21 heavy (non-hydrogen) atoms. The number of hydrogen-bond donors (Lipinski definition) is 0. The first kappa shape index (κ1) is 13.9. The summed E-state index contributed by atoms with van der Waals surface area (Å²) in [5, 5.41) is 0.863. The fourth-order valence-corrected chi connectivity index (χ4v) is 2.58. The second-order valence-electron chi connectivity index (χ2n) is 5.20. The average molecular weight is 289 g/mol. The van der Waals surface area contributed by atoms with E-state index in [-0.39, 0.29) is 5.76 Å². The summed E-state index contributed by atoms with van der Waals surface area (Å²) in [5.41, 5.74) is 0.626. The Balaban J connectivity index is 1.61. The SMILES string of the molecule is COc1ccc2cc(C(=O)OCCN3CCCC3)oc2c1. The van der Waals surface area contributed by atoms with Crippen molar-refractivity contribution in [3.63, 3.8) is 0 Å². The quantitative estimate of drug-likeness (QED) is 0.792. The van der Waals surface area contributed by atoms with Crippen molar-refractivity contribution in [2.45, 2.75) is 12.8 Å². The highest BCUT2D eigenvalue weighted by Gasteiger charge is 2.16. The van der Waals surface area contributed by atoms with Crippen LogP contribution in [0.2, 0.25) is 0 Å². The molecule has 0 aliphatic carbocycles. The van der Waals surface area contributed by atoms with Crippen molar-refractivity contribution < 1.29 is 18.7 Å². The molecule has 1 aromatic heterocycles. The van der Waals surface area contributed by atoms with Crippen LogP contribution in [0, 0.1) is 0 Å². The fraction of sp³-hybridized carbons (Fsp3) is 0.438. The van der Waals surface area contributed by atoms with Crippen molar-refractivity contribution in [3.8, 4) is 5.75 Å². The van der Waals surface area contributed by atoms with Crippen molar-refractivity contribution in [3.05, 3.63) is 30.0 Å². The van der Waals surface area contributed by atoms with Crippen LogP contribution in [0.3, 0.4) is 0 Å². The Hall–Kier alpha value is -2.01. The molecular weight excluding hydrogens is 270 g/mol. The van der Waals surface area contributed by atoms with Crippen molar-refractivity contribution in [1.82, 2.24) is 4.90 Å². The van der Waals surface area contributed by atoms with Crippen molar-refractivity contribution in [2.24, 2.45) is 0 Å². The number of benzene rings is 1. The lowest BCUT2D eigenvalue weighted by atomic mass is 10.2. The van der Waals surface area contributed by atoms with Crippen LogP contribution in [0.15, 0.2) is 28.7 Å². The summed E-state index contributed by atoms with van der Waals surface area (Å²) in [5.74, 6) is 0.523. The minimum Gasteiger partial charge on any atom is -0.497 e. The number of rotatable bonds is 5. The number of esters is 1. The van der Waals surface area contributed by atoms with E-state index in [0.29, 0.717) is 17.9 Å². The molecule has 112 valence electrons.